The fraction of sp³-hybridized carbons (Fsp3) is 0.538. The molecule has 3 nitrogen and oxygen atoms in total. The highest BCUT2D eigenvalue weighted by Gasteiger charge is 2.18. The number of hydrogen-bond acceptors (Lipinski definition) is 3. The summed E-state index contributed by atoms with van der Waals surface area (Å²) in [4.78, 5) is 0. The summed E-state index contributed by atoms with van der Waals surface area (Å²) < 4.78 is 16.7. The van der Waals surface area contributed by atoms with Crippen LogP contribution in [0.25, 0.3) is 0 Å². The zero-order valence-electron chi connectivity index (χ0n) is 10.2. The van der Waals surface area contributed by atoms with Crippen molar-refractivity contribution < 1.29 is 14.2 Å². The predicted octanol–water partition coefficient (Wildman–Crippen LogP) is 3.80. The second kappa shape index (κ2) is 6.64. The molecule has 1 atom stereocenters. The lowest BCUT2D eigenvalue weighted by Gasteiger charge is -2.17. The van der Waals surface area contributed by atoms with Crippen LogP contribution in [0.3, 0.4) is 0 Å². The van der Waals surface area contributed by atoms with Crippen molar-refractivity contribution in [1.82, 2.24) is 0 Å². The van der Waals surface area contributed by atoms with Gasteiger partial charge >= 0.3 is 0 Å². The average Bonchev–Trinajstić information content (AvgIpc) is 2.89. The fourth-order valence-corrected chi connectivity index (χ4v) is 2.64. The molecule has 2 rings (SSSR count). The summed E-state index contributed by atoms with van der Waals surface area (Å²) in [6.07, 6.45) is 2.35. The van der Waals surface area contributed by atoms with E-state index in [0.717, 1.165) is 30.8 Å². The second-order valence-corrected chi connectivity index (χ2v) is 5.17. The van der Waals surface area contributed by atoms with Crippen molar-refractivity contribution in [1.29, 1.82) is 0 Å². The highest BCUT2D eigenvalue weighted by molar-refractivity contribution is 9.08. The Hall–Kier alpha value is -0.450. The van der Waals surface area contributed by atoms with Gasteiger partial charge in [-0.25, -0.2) is 0 Å². The molecule has 5 heteroatoms. The van der Waals surface area contributed by atoms with Gasteiger partial charge in [-0.05, 0) is 18.9 Å². The molecule has 100 valence electrons. The lowest BCUT2D eigenvalue weighted by atomic mass is 10.2. The van der Waals surface area contributed by atoms with E-state index >= 15 is 0 Å². The van der Waals surface area contributed by atoms with Crippen LogP contribution in [-0.4, -0.2) is 26.4 Å². The first-order chi connectivity index (χ1) is 8.74. The van der Waals surface area contributed by atoms with Gasteiger partial charge in [-0.1, -0.05) is 27.5 Å². The van der Waals surface area contributed by atoms with Crippen molar-refractivity contribution in [3.05, 3.63) is 22.7 Å². The molecule has 1 unspecified atom stereocenters. The molecule has 1 aliphatic heterocycles. The minimum Gasteiger partial charge on any atom is -0.493 e. The molecule has 1 saturated heterocycles. The number of benzene rings is 1. The van der Waals surface area contributed by atoms with Gasteiger partial charge in [-0.3, -0.25) is 0 Å². The van der Waals surface area contributed by atoms with E-state index in [2.05, 4.69) is 15.9 Å². The van der Waals surface area contributed by atoms with Crippen molar-refractivity contribution in [3.8, 4) is 11.5 Å². The zero-order chi connectivity index (χ0) is 13.0. The van der Waals surface area contributed by atoms with Gasteiger partial charge in [0.2, 0.25) is 0 Å². The number of methoxy groups -OCH3 is 1. The van der Waals surface area contributed by atoms with E-state index in [4.69, 9.17) is 25.8 Å². The minimum atomic E-state index is 0.188. The number of ether oxygens (including phenoxy) is 3. The van der Waals surface area contributed by atoms with Crippen molar-refractivity contribution in [2.24, 2.45) is 0 Å². The molecule has 18 heavy (non-hydrogen) atoms. The summed E-state index contributed by atoms with van der Waals surface area (Å²) in [6.45, 7) is 1.38. The van der Waals surface area contributed by atoms with Crippen LogP contribution in [0.2, 0.25) is 5.02 Å². The van der Waals surface area contributed by atoms with Crippen molar-refractivity contribution >= 4 is 27.5 Å². The molecule has 1 fully saturated rings. The van der Waals surface area contributed by atoms with Crippen molar-refractivity contribution in [3.63, 3.8) is 0 Å². The largest absolute Gasteiger partial charge is 0.493 e. The van der Waals surface area contributed by atoms with Gasteiger partial charge in [0, 0.05) is 28.6 Å². The quantitative estimate of drug-likeness (QED) is 0.766. The van der Waals surface area contributed by atoms with Crippen LogP contribution in [-0.2, 0) is 10.1 Å². The van der Waals surface area contributed by atoms with Gasteiger partial charge < -0.3 is 14.2 Å². The average molecular weight is 336 g/mol. The Bertz CT molecular complexity index is 380. The molecule has 1 heterocycles. The summed E-state index contributed by atoms with van der Waals surface area (Å²) in [6, 6.07) is 3.64. The van der Waals surface area contributed by atoms with E-state index < -0.39 is 0 Å². The maximum atomic E-state index is 6.03. The van der Waals surface area contributed by atoms with Crippen LogP contribution in [0, 0.1) is 0 Å². The van der Waals surface area contributed by atoms with Gasteiger partial charge in [0.25, 0.3) is 0 Å². The SMILES string of the molecule is COc1cc(Cl)cc(CBr)c1OCC1CCCO1. The minimum absolute atomic E-state index is 0.188. The summed E-state index contributed by atoms with van der Waals surface area (Å²) in [7, 11) is 1.61. The lowest BCUT2D eigenvalue weighted by molar-refractivity contribution is 0.0667. The molecule has 0 radical (unpaired) electrons. The standard InChI is InChI=1S/C13H16BrClO3/c1-16-12-6-10(15)5-9(7-14)13(12)18-8-11-3-2-4-17-11/h5-6,11H,2-4,7-8H2,1H3. The Labute approximate surface area is 120 Å². The Morgan fingerprint density at radius 1 is 1.50 bits per heavy atom. The van der Waals surface area contributed by atoms with Gasteiger partial charge in [-0.2, -0.15) is 0 Å². The number of halogens is 2. The monoisotopic (exact) mass is 334 g/mol. The van der Waals surface area contributed by atoms with E-state index in [0.29, 0.717) is 22.7 Å². The number of rotatable bonds is 5. The third kappa shape index (κ3) is 3.31. The summed E-state index contributed by atoms with van der Waals surface area (Å²) >= 11 is 9.46. The van der Waals surface area contributed by atoms with Gasteiger partial charge in [0.1, 0.15) is 6.61 Å². The molecule has 0 bridgehead atoms. The Morgan fingerprint density at radius 2 is 2.33 bits per heavy atom. The van der Waals surface area contributed by atoms with Crippen LogP contribution >= 0.6 is 27.5 Å². The number of hydrogen-bond donors (Lipinski definition) is 0. The third-order valence-electron chi connectivity index (χ3n) is 2.90. The molecule has 1 aliphatic rings. The van der Waals surface area contributed by atoms with Crippen LogP contribution in [0.4, 0.5) is 0 Å². The number of alkyl halides is 1. The Kier molecular flexibility index (Phi) is 5.15. The molecule has 0 aromatic heterocycles. The van der Waals surface area contributed by atoms with Gasteiger partial charge in [0.15, 0.2) is 11.5 Å². The van der Waals surface area contributed by atoms with E-state index in [1.54, 1.807) is 13.2 Å². The van der Waals surface area contributed by atoms with Crippen LogP contribution in [0.15, 0.2) is 12.1 Å². The van der Waals surface area contributed by atoms with E-state index in [1.165, 1.54) is 0 Å². The van der Waals surface area contributed by atoms with Crippen LogP contribution < -0.4 is 9.47 Å². The molecular formula is C13H16BrClO3. The Balaban J connectivity index is 2.13. The lowest BCUT2D eigenvalue weighted by Crippen LogP contribution is -2.17. The maximum absolute atomic E-state index is 6.03. The maximum Gasteiger partial charge on any atom is 0.165 e. The molecule has 0 spiro atoms. The third-order valence-corrected chi connectivity index (χ3v) is 3.72. The van der Waals surface area contributed by atoms with Crippen molar-refractivity contribution in [2.45, 2.75) is 24.3 Å². The molecule has 1 aromatic carbocycles. The van der Waals surface area contributed by atoms with Crippen molar-refractivity contribution in [2.75, 3.05) is 20.3 Å². The highest BCUT2D eigenvalue weighted by Crippen LogP contribution is 2.36. The summed E-state index contributed by atoms with van der Waals surface area (Å²) in [5.74, 6) is 1.41. The second-order valence-electron chi connectivity index (χ2n) is 4.18. The summed E-state index contributed by atoms with van der Waals surface area (Å²) in [5.41, 5.74) is 0.984. The topological polar surface area (TPSA) is 27.7 Å². The fourth-order valence-electron chi connectivity index (χ4n) is 1.99. The van der Waals surface area contributed by atoms with Gasteiger partial charge in [0.05, 0.1) is 13.2 Å². The first kappa shape index (κ1) is 14.0. The Morgan fingerprint density at radius 3 is 2.94 bits per heavy atom. The van der Waals surface area contributed by atoms with E-state index in [9.17, 15) is 0 Å². The predicted molar refractivity (Wildman–Crippen MR) is 75.1 cm³/mol. The summed E-state index contributed by atoms with van der Waals surface area (Å²) in [5, 5.41) is 1.32. The zero-order valence-corrected chi connectivity index (χ0v) is 12.6. The van der Waals surface area contributed by atoms with E-state index in [-0.39, 0.29) is 6.10 Å². The van der Waals surface area contributed by atoms with E-state index in [1.807, 2.05) is 6.07 Å². The van der Waals surface area contributed by atoms with Gasteiger partial charge in [-0.15, -0.1) is 0 Å². The normalized spacial score (nSPS) is 18.9. The highest BCUT2D eigenvalue weighted by atomic mass is 79.9. The smallest absolute Gasteiger partial charge is 0.165 e. The first-order valence-electron chi connectivity index (χ1n) is 5.91. The molecule has 0 aliphatic carbocycles. The molecular weight excluding hydrogens is 319 g/mol. The molecule has 0 saturated carbocycles. The molecule has 0 N–H and O–H groups in total. The van der Waals surface area contributed by atoms with Crippen LogP contribution in [0.5, 0.6) is 11.5 Å². The molecule has 0 amide bonds. The van der Waals surface area contributed by atoms with Crippen LogP contribution in [0.1, 0.15) is 18.4 Å². The molecule has 1 aromatic rings. The first-order valence-corrected chi connectivity index (χ1v) is 7.41.